The number of rotatable bonds is 8. The average Bonchev–Trinajstić information content (AvgIpc) is 2.82. The summed E-state index contributed by atoms with van der Waals surface area (Å²) in [5, 5.41) is 16.1. The predicted molar refractivity (Wildman–Crippen MR) is 118 cm³/mol. The highest BCUT2D eigenvalue weighted by molar-refractivity contribution is 5.99. The Labute approximate surface area is 189 Å². The average molecular weight is 456 g/mol. The summed E-state index contributed by atoms with van der Waals surface area (Å²) >= 11 is 0. The molecule has 3 amide bonds. The van der Waals surface area contributed by atoms with Crippen LogP contribution in [0.25, 0.3) is 0 Å². The maximum Gasteiger partial charge on any atom is 0.270 e. The van der Waals surface area contributed by atoms with E-state index in [0.717, 1.165) is 6.07 Å². The third-order valence-electron chi connectivity index (χ3n) is 4.89. The maximum absolute atomic E-state index is 12.8. The molecule has 11 heteroatoms. The van der Waals surface area contributed by atoms with Gasteiger partial charge in [-0.25, -0.2) is 0 Å². The second-order valence-electron chi connectivity index (χ2n) is 7.26. The molecule has 0 saturated carbocycles. The van der Waals surface area contributed by atoms with E-state index in [1.807, 2.05) is 0 Å². The standard InChI is InChI=1S/C22H24N4O7/c1-3-25(13-20(27)24-16-7-8-18-19(12-16)33-10-9-32-18)22(29)14(2)23-21(28)15-5-4-6-17(11-15)26(30)31/h4-8,11-12,14H,3,9-10,13H2,1-2H3,(H,23,28)(H,24,27). The van der Waals surface area contributed by atoms with Crippen molar-refractivity contribution in [1.82, 2.24) is 10.2 Å². The summed E-state index contributed by atoms with van der Waals surface area (Å²) in [6.07, 6.45) is 0. The number of anilines is 1. The van der Waals surface area contributed by atoms with Crippen molar-refractivity contribution in [2.24, 2.45) is 0 Å². The zero-order valence-corrected chi connectivity index (χ0v) is 18.2. The van der Waals surface area contributed by atoms with E-state index in [4.69, 9.17) is 9.47 Å². The summed E-state index contributed by atoms with van der Waals surface area (Å²) in [5.41, 5.74) is 0.329. The number of hydrogen-bond donors (Lipinski definition) is 2. The molecule has 2 aromatic rings. The Balaban J connectivity index is 1.58. The van der Waals surface area contributed by atoms with Crippen LogP contribution in [0.15, 0.2) is 42.5 Å². The first-order valence-electron chi connectivity index (χ1n) is 10.3. The minimum atomic E-state index is -0.946. The molecule has 0 fully saturated rings. The van der Waals surface area contributed by atoms with Gasteiger partial charge in [0.25, 0.3) is 11.6 Å². The number of nitro benzene ring substituents is 1. The highest BCUT2D eigenvalue weighted by atomic mass is 16.6. The summed E-state index contributed by atoms with van der Waals surface area (Å²) in [6.45, 7) is 4.10. The molecular formula is C22H24N4O7. The molecule has 0 spiro atoms. The number of non-ortho nitro benzene ring substituents is 1. The summed E-state index contributed by atoms with van der Waals surface area (Å²) in [6, 6.07) is 9.27. The fraction of sp³-hybridized carbons (Fsp3) is 0.318. The molecule has 1 unspecified atom stereocenters. The lowest BCUT2D eigenvalue weighted by molar-refractivity contribution is -0.384. The lowest BCUT2D eigenvalue weighted by atomic mass is 10.1. The number of nitrogens with one attached hydrogen (secondary N) is 2. The van der Waals surface area contributed by atoms with Crippen LogP contribution in [-0.4, -0.2) is 59.9 Å². The predicted octanol–water partition coefficient (Wildman–Crippen LogP) is 1.97. The van der Waals surface area contributed by atoms with Gasteiger partial charge >= 0.3 is 0 Å². The van der Waals surface area contributed by atoms with Gasteiger partial charge in [0.15, 0.2) is 11.5 Å². The van der Waals surface area contributed by atoms with Gasteiger partial charge in [0, 0.05) is 36.0 Å². The first kappa shape index (κ1) is 23.5. The van der Waals surface area contributed by atoms with E-state index in [1.54, 1.807) is 25.1 Å². The fourth-order valence-electron chi connectivity index (χ4n) is 3.22. The number of nitrogens with zero attached hydrogens (tertiary/aromatic N) is 2. The van der Waals surface area contributed by atoms with Crippen LogP contribution in [0.3, 0.4) is 0 Å². The molecule has 33 heavy (non-hydrogen) atoms. The first-order valence-corrected chi connectivity index (χ1v) is 10.3. The van der Waals surface area contributed by atoms with Gasteiger partial charge in [0.2, 0.25) is 11.8 Å². The van der Waals surface area contributed by atoms with E-state index in [2.05, 4.69) is 10.6 Å². The van der Waals surface area contributed by atoms with Gasteiger partial charge in [0.1, 0.15) is 19.3 Å². The highest BCUT2D eigenvalue weighted by Gasteiger charge is 2.24. The summed E-state index contributed by atoms with van der Waals surface area (Å²) in [4.78, 5) is 49.3. The van der Waals surface area contributed by atoms with E-state index < -0.39 is 28.7 Å². The van der Waals surface area contributed by atoms with Crippen molar-refractivity contribution in [1.29, 1.82) is 0 Å². The number of amides is 3. The minimum Gasteiger partial charge on any atom is -0.486 e. The molecule has 2 aromatic carbocycles. The molecule has 11 nitrogen and oxygen atoms in total. The number of fused-ring (bicyclic) bond motifs is 1. The molecule has 0 aliphatic carbocycles. The summed E-state index contributed by atoms with van der Waals surface area (Å²) < 4.78 is 10.9. The van der Waals surface area contributed by atoms with Crippen LogP contribution in [0.5, 0.6) is 11.5 Å². The smallest absolute Gasteiger partial charge is 0.270 e. The van der Waals surface area contributed by atoms with E-state index in [-0.39, 0.29) is 24.3 Å². The Bertz CT molecular complexity index is 1070. The van der Waals surface area contributed by atoms with Crippen LogP contribution >= 0.6 is 0 Å². The van der Waals surface area contributed by atoms with Crippen molar-refractivity contribution in [2.75, 3.05) is 31.6 Å². The van der Waals surface area contributed by atoms with E-state index in [0.29, 0.717) is 30.4 Å². The molecule has 1 atom stereocenters. The molecule has 2 N–H and O–H groups in total. The quantitative estimate of drug-likeness (QED) is 0.457. The lowest BCUT2D eigenvalue weighted by Crippen LogP contribution is -2.49. The van der Waals surface area contributed by atoms with Gasteiger partial charge in [0.05, 0.1) is 11.5 Å². The molecule has 0 saturated heterocycles. The molecule has 1 aliphatic heterocycles. The fourth-order valence-corrected chi connectivity index (χ4v) is 3.22. The monoisotopic (exact) mass is 456 g/mol. The SMILES string of the molecule is CCN(CC(=O)Nc1ccc2c(c1)OCCO2)C(=O)C(C)NC(=O)c1cccc([N+](=O)[O-])c1. The number of nitro groups is 1. The molecule has 1 heterocycles. The van der Waals surface area contributed by atoms with Crippen molar-refractivity contribution in [2.45, 2.75) is 19.9 Å². The van der Waals surface area contributed by atoms with Gasteiger partial charge in [-0.1, -0.05) is 6.07 Å². The number of benzene rings is 2. The summed E-state index contributed by atoms with van der Waals surface area (Å²) in [5.74, 6) is -0.387. The van der Waals surface area contributed by atoms with Crippen LogP contribution < -0.4 is 20.1 Å². The summed E-state index contributed by atoms with van der Waals surface area (Å²) in [7, 11) is 0. The van der Waals surface area contributed by atoms with Crippen molar-refractivity contribution >= 4 is 29.1 Å². The van der Waals surface area contributed by atoms with E-state index >= 15 is 0 Å². The third-order valence-corrected chi connectivity index (χ3v) is 4.89. The molecule has 0 radical (unpaired) electrons. The van der Waals surface area contributed by atoms with Crippen molar-refractivity contribution in [3.63, 3.8) is 0 Å². The molecule has 0 aromatic heterocycles. The Kier molecular flexibility index (Phi) is 7.44. The Morgan fingerprint density at radius 3 is 2.55 bits per heavy atom. The molecule has 3 rings (SSSR count). The van der Waals surface area contributed by atoms with Gasteiger partial charge in [-0.3, -0.25) is 24.5 Å². The lowest BCUT2D eigenvalue weighted by Gasteiger charge is -2.24. The second kappa shape index (κ2) is 10.4. The maximum atomic E-state index is 12.8. The van der Waals surface area contributed by atoms with Crippen molar-refractivity contribution < 1.29 is 28.8 Å². The number of carbonyl (C=O) groups is 3. The van der Waals surface area contributed by atoms with E-state index in [1.165, 1.54) is 30.0 Å². The van der Waals surface area contributed by atoms with Crippen LogP contribution in [0, 0.1) is 10.1 Å². The Morgan fingerprint density at radius 2 is 1.85 bits per heavy atom. The second-order valence-corrected chi connectivity index (χ2v) is 7.26. The largest absolute Gasteiger partial charge is 0.486 e. The van der Waals surface area contributed by atoms with Gasteiger partial charge in [-0.05, 0) is 32.0 Å². The molecule has 174 valence electrons. The zero-order valence-electron chi connectivity index (χ0n) is 18.2. The van der Waals surface area contributed by atoms with Crippen LogP contribution in [0.4, 0.5) is 11.4 Å². The number of ether oxygens (including phenoxy) is 2. The zero-order chi connectivity index (χ0) is 24.0. The molecular weight excluding hydrogens is 432 g/mol. The molecule has 0 bridgehead atoms. The van der Waals surface area contributed by atoms with E-state index in [9.17, 15) is 24.5 Å². The van der Waals surface area contributed by atoms with Crippen molar-refractivity contribution in [3.05, 3.63) is 58.1 Å². The van der Waals surface area contributed by atoms with Gasteiger partial charge in [-0.2, -0.15) is 0 Å². The van der Waals surface area contributed by atoms with Gasteiger partial charge < -0.3 is 25.0 Å². The third kappa shape index (κ3) is 5.97. The number of carbonyl (C=O) groups excluding carboxylic acids is 3. The topological polar surface area (TPSA) is 140 Å². The normalized spacial score (nSPS) is 12.9. The first-order chi connectivity index (χ1) is 15.8. The Morgan fingerprint density at radius 1 is 1.12 bits per heavy atom. The molecule has 1 aliphatic rings. The number of likely N-dealkylation sites (N-methyl/N-ethyl adjacent to an activating group) is 1. The van der Waals surface area contributed by atoms with Crippen LogP contribution in [-0.2, 0) is 9.59 Å². The highest BCUT2D eigenvalue weighted by Crippen LogP contribution is 2.32. The minimum absolute atomic E-state index is 0.0586. The number of hydrogen-bond acceptors (Lipinski definition) is 7. The van der Waals surface area contributed by atoms with Crippen LogP contribution in [0.2, 0.25) is 0 Å². The van der Waals surface area contributed by atoms with Crippen molar-refractivity contribution in [3.8, 4) is 11.5 Å². The van der Waals surface area contributed by atoms with Gasteiger partial charge in [-0.15, -0.1) is 0 Å². The van der Waals surface area contributed by atoms with Crippen LogP contribution in [0.1, 0.15) is 24.2 Å². The Hall–Kier alpha value is -4.15.